The van der Waals surface area contributed by atoms with E-state index in [0.717, 1.165) is 34.6 Å². The molecule has 0 amide bonds. The fraction of sp³-hybridized carbons (Fsp3) is 0.0645. The Morgan fingerprint density at radius 1 is 0.492 bits per heavy atom. The van der Waals surface area contributed by atoms with Crippen LogP contribution < -0.4 is 4.90 Å². The lowest BCUT2D eigenvalue weighted by Crippen LogP contribution is -2.10. The van der Waals surface area contributed by atoms with E-state index >= 15 is 0 Å². The molecule has 8 aromatic carbocycles. The van der Waals surface area contributed by atoms with Gasteiger partial charge in [-0.3, -0.25) is 0 Å². The Hall–Kier alpha value is -7.74. The summed E-state index contributed by atoms with van der Waals surface area (Å²) in [7, 11) is 0. The van der Waals surface area contributed by atoms with E-state index < -0.39 is 0 Å². The average Bonchev–Trinajstić information content (AvgIpc) is 3.34. The molecule has 0 bridgehead atoms. The van der Waals surface area contributed by atoms with Crippen LogP contribution >= 0.6 is 0 Å². The fourth-order valence-corrected chi connectivity index (χ4v) is 8.15. The van der Waals surface area contributed by atoms with Crippen LogP contribution in [0.25, 0.3) is 54.9 Å². The summed E-state index contributed by atoms with van der Waals surface area (Å²) < 4.78 is 0. The summed E-state index contributed by atoms with van der Waals surface area (Å²) in [6.45, 7) is 14.4. The molecule has 0 aliphatic carbocycles. The minimum atomic E-state index is 0.794. The molecule has 0 saturated carbocycles. The summed E-state index contributed by atoms with van der Waals surface area (Å²) >= 11 is 0. The molecule has 1 nitrogen and oxygen atoms in total. The molecule has 0 aliphatic heterocycles. The van der Waals surface area contributed by atoms with Crippen LogP contribution in [0.2, 0.25) is 0 Å². The van der Waals surface area contributed by atoms with Crippen LogP contribution in [0.1, 0.15) is 26.3 Å². The normalized spacial score (nSPS) is 12.4. The second-order valence-corrected chi connectivity index (χ2v) is 15.9. The lowest BCUT2D eigenvalue weighted by Gasteiger charge is -2.26. The van der Waals surface area contributed by atoms with Crippen molar-refractivity contribution in [1.82, 2.24) is 0 Å². The van der Waals surface area contributed by atoms with Gasteiger partial charge in [-0.1, -0.05) is 201 Å². The molecule has 0 saturated heterocycles. The average molecular weight is 812 g/mol. The minimum Gasteiger partial charge on any atom is -0.310 e. The maximum absolute atomic E-state index is 4.24. The lowest BCUT2D eigenvalue weighted by molar-refractivity contribution is 1.14. The van der Waals surface area contributed by atoms with Gasteiger partial charge in [-0.15, -0.1) is 0 Å². The van der Waals surface area contributed by atoms with Gasteiger partial charge in [-0.25, -0.2) is 0 Å². The van der Waals surface area contributed by atoms with Gasteiger partial charge in [0.2, 0.25) is 0 Å². The van der Waals surface area contributed by atoms with E-state index in [1.807, 2.05) is 19.1 Å². The summed E-state index contributed by atoms with van der Waals surface area (Å²) in [6, 6.07) is 66.3. The largest absolute Gasteiger partial charge is 0.310 e. The number of rotatable bonds is 14. The van der Waals surface area contributed by atoms with Crippen LogP contribution in [0.3, 0.4) is 0 Å². The summed E-state index contributed by atoms with van der Waals surface area (Å²) in [6.07, 6.45) is 17.3. The Kier molecular flexibility index (Phi) is 13.2. The van der Waals surface area contributed by atoms with Crippen molar-refractivity contribution in [3.8, 4) is 33.4 Å². The topological polar surface area (TPSA) is 3.24 Å². The molecule has 0 spiro atoms. The number of fused-ring (bicyclic) bond motifs is 3. The highest BCUT2D eigenvalue weighted by Crippen LogP contribution is 2.41. The molecule has 8 aromatic rings. The Labute approximate surface area is 374 Å². The SMILES string of the molecule is C=C/C=C\C(=C)/C(C)=C/C=C(Cc1ccc(N(c2ccc(-c3cc(-c4ccccc4)ccc3-c3ccccc3)cc2)c2ccc3c(ccc4ccccc43)c2)cc1)/C(C)=C/C=C\C. The predicted octanol–water partition coefficient (Wildman–Crippen LogP) is 17.7. The highest BCUT2D eigenvalue weighted by Gasteiger charge is 2.16. The van der Waals surface area contributed by atoms with Crippen LogP contribution in [-0.2, 0) is 6.42 Å². The highest BCUT2D eigenvalue weighted by atomic mass is 15.1. The van der Waals surface area contributed by atoms with Gasteiger partial charge < -0.3 is 4.90 Å². The molecule has 8 rings (SSSR count). The minimum absolute atomic E-state index is 0.794. The third-order valence-electron chi connectivity index (χ3n) is 11.7. The van der Waals surface area contributed by atoms with E-state index in [1.54, 1.807) is 6.08 Å². The summed E-state index contributed by atoms with van der Waals surface area (Å²) in [4.78, 5) is 2.38. The van der Waals surface area contributed by atoms with Crippen molar-refractivity contribution in [3.05, 3.63) is 272 Å². The zero-order valence-corrected chi connectivity index (χ0v) is 36.5. The van der Waals surface area contributed by atoms with Crippen molar-refractivity contribution in [3.63, 3.8) is 0 Å². The highest BCUT2D eigenvalue weighted by molar-refractivity contribution is 6.08. The molecule has 0 aromatic heterocycles. The molecule has 0 N–H and O–H groups in total. The summed E-state index contributed by atoms with van der Waals surface area (Å²) in [5, 5.41) is 4.97. The van der Waals surface area contributed by atoms with Gasteiger partial charge in [-0.05, 0) is 152 Å². The molecule has 0 radical (unpaired) electrons. The Bertz CT molecular complexity index is 3050. The van der Waals surface area contributed by atoms with E-state index in [1.165, 1.54) is 71.6 Å². The fourth-order valence-electron chi connectivity index (χ4n) is 8.15. The maximum atomic E-state index is 4.24. The molecule has 0 fully saturated rings. The molecule has 0 unspecified atom stereocenters. The first kappa shape index (κ1) is 42.0. The molecule has 0 atom stereocenters. The number of nitrogens with zero attached hydrogens (tertiary/aromatic N) is 1. The monoisotopic (exact) mass is 811 g/mol. The quantitative estimate of drug-likeness (QED) is 0.0781. The van der Waals surface area contributed by atoms with Gasteiger partial charge in [0.05, 0.1) is 0 Å². The zero-order chi connectivity index (χ0) is 43.5. The van der Waals surface area contributed by atoms with Crippen LogP contribution in [0, 0.1) is 0 Å². The second-order valence-electron chi connectivity index (χ2n) is 15.9. The Morgan fingerprint density at radius 3 is 1.81 bits per heavy atom. The molecule has 63 heavy (non-hydrogen) atoms. The molecule has 1 heteroatoms. The maximum Gasteiger partial charge on any atom is 0.0468 e. The van der Waals surface area contributed by atoms with Crippen LogP contribution in [0.4, 0.5) is 17.1 Å². The molecular formula is C62H53N. The molecular weight excluding hydrogens is 759 g/mol. The van der Waals surface area contributed by atoms with Crippen molar-refractivity contribution in [2.75, 3.05) is 4.90 Å². The number of hydrogen-bond donors (Lipinski definition) is 0. The zero-order valence-electron chi connectivity index (χ0n) is 36.5. The Balaban J connectivity index is 1.19. The Morgan fingerprint density at radius 2 is 1.10 bits per heavy atom. The number of allylic oxidation sites excluding steroid dienone is 12. The van der Waals surface area contributed by atoms with E-state index in [2.05, 4.69) is 244 Å². The first-order valence-corrected chi connectivity index (χ1v) is 21.7. The third kappa shape index (κ3) is 9.75. The second kappa shape index (κ2) is 19.8. The van der Waals surface area contributed by atoms with Gasteiger partial charge in [0.15, 0.2) is 0 Å². The predicted molar refractivity (Wildman–Crippen MR) is 275 cm³/mol. The summed E-state index contributed by atoms with van der Waals surface area (Å²) in [5.74, 6) is 0. The number of benzene rings is 8. The molecule has 0 aliphatic rings. The van der Waals surface area contributed by atoms with E-state index in [4.69, 9.17) is 0 Å². The van der Waals surface area contributed by atoms with Crippen molar-refractivity contribution < 1.29 is 0 Å². The van der Waals surface area contributed by atoms with E-state index in [-0.39, 0.29) is 0 Å². The van der Waals surface area contributed by atoms with Crippen molar-refractivity contribution >= 4 is 38.6 Å². The summed E-state index contributed by atoms with van der Waals surface area (Å²) in [5.41, 5.74) is 16.3. The van der Waals surface area contributed by atoms with Crippen LogP contribution in [0.15, 0.2) is 266 Å². The third-order valence-corrected chi connectivity index (χ3v) is 11.7. The first-order valence-electron chi connectivity index (χ1n) is 21.7. The van der Waals surface area contributed by atoms with Crippen molar-refractivity contribution in [2.24, 2.45) is 0 Å². The van der Waals surface area contributed by atoms with Gasteiger partial charge in [0, 0.05) is 17.1 Å². The van der Waals surface area contributed by atoms with Gasteiger partial charge in [-0.2, -0.15) is 0 Å². The van der Waals surface area contributed by atoms with Crippen molar-refractivity contribution in [2.45, 2.75) is 27.2 Å². The van der Waals surface area contributed by atoms with Gasteiger partial charge >= 0.3 is 0 Å². The standard InChI is InChI=1S/C62H53N/c1-6-8-18-45(3)46(4)26-29-53(47(5)19-9-7-2)42-48-27-35-56(36-28-48)63(58-39-41-61-55(43-58)31-30-51-24-16-17-25-59(51)61)57-37-32-52(33-38-57)62-44-54(49-20-12-10-13-21-49)34-40-60(62)50-22-14-11-15-23-50/h6-41,43-44H,1,3,42H2,2,4-5H3/b9-7-,18-8-,46-26+,47-19+,53-29+. The van der Waals surface area contributed by atoms with Crippen LogP contribution in [0.5, 0.6) is 0 Å². The van der Waals surface area contributed by atoms with Gasteiger partial charge in [0.1, 0.15) is 0 Å². The lowest BCUT2D eigenvalue weighted by atomic mass is 9.91. The van der Waals surface area contributed by atoms with Crippen LogP contribution in [-0.4, -0.2) is 0 Å². The molecule has 0 heterocycles. The van der Waals surface area contributed by atoms with E-state index in [9.17, 15) is 0 Å². The van der Waals surface area contributed by atoms with Crippen molar-refractivity contribution in [1.29, 1.82) is 0 Å². The first-order chi connectivity index (χ1) is 30.9. The number of anilines is 3. The smallest absolute Gasteiger partial charge is 0.0468 e. The molecule has 306 valence electrons. The van der Waals surface area contributed by atoms with E-state index in [0.29, 0.717) is 0 Å². The number of hydrogen-bond acceptors (Lipinski definition) is 1. The van der Waals surface area contributed by atoms with Gasteiger partial charge in [0.25, 0.3) is 0 Å².